The predicted molar refractivity (Wildman–Crippen MR) is 91.1 cm³/mol. The van der Waals surface area contributed by atoms with Gasteiger partial charge in [0, 0.05) is 30.5 Å². The van der Waals surface area contributed by atoms with Gasteiger partial charge in [0.25, 0.3) is 0 Å². The average molecular weight is 298 g/mol. The number of hydrogen-bond donors (Lipinski definition) is 1. The van der Waals surface area contributed by atoms with Crippen LogP contribution < -0.4 is 10.2 Å². The largest absolute Gasteiger partial charge is 0.382 e. The van der Waals surface area contributed by atoms with Gasteiger partial charge in [0.2, 0.25) is 0 Å². The van der Waals surface area contributed by atoms with Gasteiger partial charge in [-0.1, -0.05) is 18.2 Å². The molecule has 3 rings (SSSR count). The third kappa shape index (κ3) is 3.79. The zero-order chi connectivity index (χ0) is 15.4. The molecular formula is C19H23FN2. The maximum absolute atomic E-state index is 12.9. The van der Waals surface area contributed by atoms with E-state index in [1.54, 1.807) is 0 Å². The lowest BCUT2D eigenvalue weighted by Crippen LogP contribution is -2.20. The van der Waals surface area contributed by atoms with Crippen molar-refractivity contribution in [2.24, 2.45) is 0 Å². The summed E-state index contributed by atoms with van der Waals surface area (Å²) >= 11 is 0. The Morgan fingerprint density at radius 2 is 1.82 bits per heavy atom. The van der Waals surface area contributed by atoms with Crippen molar-refractivity contribution < 1.29 is 4.39 Å². The van der Waals surface area contributed by atoms with E-state index in [-0.39, 0.29) is 5.82 Å². The summed E-state index contributed by atoms with van der Waals surface area (Å²) in [4.78, 5) is 2.44. The van der Waals surface area contributed by atoms with Crippen molar-refractivity contribution >= 4 is 11.4 Å². The van der Waals surface area contributed by atoms with Crippen LogP contribution in [0, 0.1) is 5.82 Å². The normalized spacial score (nSPS) is 15.8. The van der Waals surface area contributed by atoms with Gasteiger partial charge >= 0.3 is 0 Å². The van der Waals surface area contributed by atoms with E-state index < -0.39 is 0 Å². The van der Waals surface area contributed by atoms with Gasteiger partial charge in [-0.2, -0.15) is 0 Å². The molecule has 0 spiro atoms. The maximum atomic E-state index is 12.9. The molecular weight excluding hydrogens is 275 g/mol. The van der Waals surface area contributed by atoms with Gasteiger partial charge in [-0.15, -0.1) is 0 Å². The molecule has 0 radical (unpaired) electrons. The van der Waals surface area contributed by atoms with Crippen LogP contribution in [0.5, 0.6) is 0 Å². The van der Waals surface area contributed by atoms with Crippen LogP contribution in [0.1, 0.15) is 25.3 Å². The molecule has 0 amide bonds. The van der Waals surface area contributed by atoms with Crippen molar-refractivity contribution in [2.45, 2.75) is 32.2 Å². The van der Waals surface area contributed by atoms with Crippen molar-refractivity contribution in [3.63, 3.8) is 0 Å². The molecule has 1 saturated heterocycles. The number of rotatable bonds is 5. The van der Waals surface area contributed by atoms with E-state index in [4.69, 9.17) is 0 Å². The van der Waals surface area contributed by atoms with E-state index in [1.807, 2.05) is 12.1 Å². The Labute approximate surface area is 132 Å². The molecule has 2 aromatic rings. The second-order valence-electron chi connectivity index (χ2n) is 6.12. The van der Waals surface area contributed by atoms with Crippen LogP contribution in [-0.4, -0.2) is 19.1 Å². The summed E-state index contributed by atoms with van der Waals surface area (Å²) in [6.07, 6.45) is 3.46. The molecule has 2 nitrogen and oxygen atoms in total. The third-order valence-corrected chi connectivity index (χ3v) is 4.19. The molecule has 1 aliphatic heterocycles. The highest BCUT2D eigenvalue weighted by molar-refractivity contribution is 5.58. The zero-order valence-corrected chi connectivity index (χ0v) is 13.1. The SMILES string of the molecule is CC(Cc1ccc(F)cc1)Nc1cccc(N2CCCC2)c1. The molecule has 1 aliphatic rings. The van der Waals surface area contributed by atoms with Crippen LogP contribution in [0.4, 0.5) is 15.8 Å². The number of nitrogens with one attached hydrogen (secondary N) is 1. The lowest BCUT2D eigenvalue weighted by atomic mass is 10.1. The smallest absolute Gasteiger partial charge is 0.123 e. The van der Waals surface area contributed by atoms with Crippen LogP contribution in [0.2, 0.25) is 0 Å². The summed E-state index contributed by atoms with van der Waals surface area (Å²) in [6.45, 7) is 4.48. The van der Waals surface area contributed by atoms with Crippen molar-refractivity contribution in [1.29, 1.82) is 0 Å². The van der Waals surface area contributed by atoms with Gasteiger partial charge in [-0.05, 0) is 62.1 Å². The van der Waals surface area contributed by atoms with E-state index in [0.29, 0.717) is 6.04 Å². The van der Waals surface area contributed by atoms with E-state index in [2.05, 4.69) is 41.4 Å². The second kappa shape index (κ2) is 6.82. The van der Waals surface area contributed by atoms with Crippen LogP contribution in [-0.2, 0) is 6.42 Å². The first kappa shape index (κ1) is 14.9. The molecule has 0 aliphatic carbocycles. The summed E-state index contributed by atoms with van der Waals surface area (Å²) in [7, 11) is 0. The number of hydrogen-bond acceptors (Lipinski definition) is 2. The molecule has 2 aromatic carbocycles. The van der Waals surface area contributed by atoms with Gasteiger partial charge in [-0.25, -0.2) is 4.39 Å². The van der Waals surface area contributed by atoms with E-state index in [9.17, 15) is 4.39 Å². The highest BCUT2D eigenvalue weighted by Crippen LogP contribution is 2.24. The minimum absolute atomic E-state index is 0.178. The first-order valence-electron chi connectivity index (χ1n) is 8.07. The fourth-order valence-corrected chi connectivity index (χ4v) is 3.08. The number of nitrogens with zero attached hydrogens (tertiary/aromatic N) is 1. The Morgan fingerprint density at radius 1 is 1.09 bits per heavy atom. The highest BCUT2D eigenvalue weighted by atomic mass is 19.1. The number of benzene rings is 2. The van der Waals surface area contributed by atoms with Crippen LogP contribution in [0.15, 0.2) is 48.5 Å². The number of anilines is 2. The quantitative estimate of drug-likeness (QED) is 0.876. The van der Waals surface area contributed by atoms with Crippen molar-refractivity contribution in [1.82, 2.24) is 0 Å². The monoisotopic (exact) mass is 298 g/mol. The Hall–Kier alpha value is -2.03. The standard InChI is InChI=1S/C19H23FN2/c1-15(13-16-7-9-17(20)10-8-16)21-18-5-4-6-19(14-18)22-11-2-3-12-22/h4-10,14-15,21H,2-3,11-13H2,1H3. The van der Waals surface area contributed by atoms with Crippen LogP contribution in [0.25, 0.3) is 0 Å². The third-order valence-electron chi connectivity index (χ3n) is 4.19. The summed E-state index contributed by atoms with van der Waals surface area (Å²) < 4.78 is 12.9. The maximum Gasteiger partial charge on any atom is 0.123 e. The lowest BCUT2D eigenvalue weighted by Gasteiger charge is -2.20. The molecule has 116 valence electrons. The molecule has 1 heterocycles. The van der Waals surface area contributed by atoms with Gasteiger partial charge in [-0.3, -0.25) is 0 Å². The summed E-state index contributed by atoms with van der Waals surface area (Å²) in [5.41, 5.74) is 3.60. The van der Waals surface area contributed by atoms with Gasteiger partial charge < -0.3 is 10.2 Å². The Morgan fingerprint density at radius 3 is 2.55 bits per heavy atom. The van der Waals surface area contributed by atoms with Crippen LogP contribution in [0.3, 0.4) is 0 Å². The van der Waals surface area contributed by atoms with Crippen LogP contribution >= 0.6 is 0 Å². The topological polar surface area (TPSA) is 15.3 Å². The molecule has 1 unspecified atom stereocenters. The predicted octanol–water partition coefficient (Wildman–Crippen LogP) is 4.47. The fourth-order valence-electron chi connectivity index (χ4n) is 3.08. The minimum atomic E-state index is -0.178. The Bertz CT molecular complexity index is 603. The molecule has 0 bridgehead atoms. The van der Waals surface area contributed by atoms with Crippen molar-refractivity contribution in [2.75, 3.05) is 23.3 Å². The van der Waals surface area contributed by atoms with Crippen molar-refractivity contribution in [3.05, 3.63) is 59.9 Å². The zero-order valence-electron chi connectivity index (χ0n) is 13.1. The molecule has 3 heteroatoms. The van der Waals surface area contributed by atoms with Gasteiger partial charge in [0.15, 0.2) is 0 Å². The Balaban J connectivity index is 1.62. The van der Waals surface area contributed by atoms with E-state index in [0.717, 1.165) is 30.8 Å². The first-order chi connectivity index (χ1) is 10.7. The van der Waals surface area contributed by atoms with Gasteiger partial charge in [0.05, 0.1) is 0 Å². The summed E-state index contributed by atoms with van der Waals surface area (Å²) in [5.74, 6) is -0.178. The molecule has 0 saturated carbocycles. The van der Waals surface area contributed by atoms with E-state index >= 15 is 0 Å². The van der Waals surface area contributed by atoms with Gasteiger partial charge in [0.1, 0.15) is 5.82 Å². The second-order valence-corrected chi connectivity index (χ2v) is 6.12. The fraction of sp³-hybridized carbons (Fsp3) is 0.368. The molecule has 1 atom stereocenters. The summed E-state index contributed by atoms with van der Waals surface area (Å²) in [6, 6.07) is 15.7. The lowest BCUT2D eigenvalue weighted by molar-refractivity contribution is 0.626. The molecule has 1 N–H and O–H groups in total. The average Bonchev–Trinajstić information content (AvgIpc) is 3.04. The van der Waals surface area contributed by atoms with Crippen molar-refractivity contribution in [3.8, 4) is 0 Å². The summed E-state index contributed by atoms with van der Waals surface area (Å²) in [5, 5.41) is 3.55. The minimum Gasteiger partial charge on any atom is -0.382 e. The van der Waals surface area contributed by atoms with E-state index in [1.165, 1.54) is 30.7 Å². The number of halogens is 1. The first-order valence-corrected chi connectivity index (χ1v) is 8.07. The highest BCUT2D eigenvalue weighted by Gasteiger charge is 2.12. The Kier molecular flexibility index (Phi) is 4.62. The molecule has 0 aromatic heterocycles. The molecule has 22 heavy (non-hydrogen) atoms. The molecule has 1 fully saturated rings.